The average Bonchev–Trinajstić information content (AvgIpc) is 2.93. The molecule has 0 unspecified atom stereocenters. The smallest absolute Gasteiger partial charge is 0.264 e. The molecule has 3 aromatic rings. The van der Waals surface area contributed by atoms with Crippen molar-refractivity contribution in [2.45, 2.75) is 11.8 Å². The van der Waals surface area contributed by atoms with Gasteiger partial charge in [-0.05, 0) is 55.5 Å². The first kappa shape index (κ1) is 25.4. The summed E-state index contributed by atoms with van der Waals surface area (Å²) in [6.45, 7) is 4.32. The van der Waals surface area contributed by atoms with Gasteiger partial charge in [0.1, 0.15) is 18.0 Å². The maximum Gasteiger partial charge on any atom is 0.264 e. The number of carbonyl (C=O) groups is 1. The summed E-state index contributed by atoms with van der Waals surface area (Å²) in [5.74, 6) is 1.17. The number of methoxy groups -OCH3 is 1. The third-order valence-corrected chi connectivity index (χ3v) is 7.89. The van der Waals surface area contributed by atoms with E-state index in [4.69, 9.17) is 9.47 Å². The predicted octanol–water partition coefficient (Wildman–Crippen LogP) is 3.64. The van der Waals surface area contributed by atoms with Gasteiger partial charge in [-0.25, -0.2) is 8.42 Å². The Bertz CT molecular complexity index is 1260. The number of ether oxygens (including phenoxy) is 2. The van der Waals surface area contributed by atoms with Gasteiger partial charge in [-0.15, -0.1) is 0 Å². The van der Waals surface area contributed by atoms with Crippen LogP contribution in [-0.2, 0) is 14.8 Å². The van der Waals surface area contributed by atoms with E-state index in [9.17, 15) is 13.2 Å². The van der Waals surface area contributed by atoms with Crippen molar-refractivity contribution in [2.24, 2.45) is 0 Å². The Morgan fingerprint density at radius 2 is 1.53 bits per heavy atom. The van der Waals surface area contributed by atoms with Crippen LogP contribution in [0, 0.1) is 0 Å². The quantitative estimate of drug-likeness (QED) is 0.438. The van der Waals surface area contributed by atoms with Crippen molar-refractivity contribution in [2.75, 3.05) is 55.6 Å². The molecule has 0 atom stereocenters. The molecule has 0 spiro atoms. The Morgan fingerprint density at radius 3 is 2.17 bits per heavy atom. The maximum atomic E-state index is 13.6. The fraction of sp³-hybridized carbons (Fsp3) is 0.296. The van der Waals surface area contributed by atoms with Gasteiger partial charge in [-0.3, -0.25) is 9.10 Å². The molecule has 1 fully saturated rings. The number of carbonyl (C=O) groups excluding carboxylic acids is 1. The van der Waals surface area contributed by atoms with Gasteiger partial charge >= 0.3 is 0 Å². The van der Waals surface area contributed by atoms with E-state index < -0.39 is 10.0 Å². The number of nitrogens with zero attached hydrogens (tertiary/aromatic N) is 3. The largest absolute Gasteiger partial charge is 0.495 e. The number of hydrogen-bond donors (Lipinski definition) is 0. The van der Waals surface area contributed by atoms with Crippen LogP contribution >= 0.6 is 0 Å². The summed E-state index contributed by atoms with van der Waals surface area (Å²) >= 11 is 0. The number of benzene rings is 3. The molecule has 9 heteroatoms. The van der Waals surface area contributed by atoms with Crippen molar-refractivity contribution >= 4 is 27.3 Å². The highest BCUT2D eigenvalue weighted by Crippen LogP contribution is 2.29. The highest BCUT2D eigenvalue weighted by Gasteiger charge is 2.30. The average molecular weight is 510 g/mol. The standard InChI is InChI=1S/C27H31N3O5S/c1-3-35-23-15-13-22(14-16-23)30(36(32,33)24-9-5-4-6-10-24)21-27(31)29-19-17-28(18-20-29)25-11-7-8-12-26(25)34-2/h4-16H,3,17-21H2,1-2H3. The van der Waals surface area contributed by atoms with Crippen LogP contribution in [0.3, 0.4) is 0 Å². The Labute approximate surface area is 212 Å². The molecule has 0 radical (unpaired) electrons. The van der Waals surface area contributed by atoms with Crippen LogP contribution in [0.2, 0.25) is 0 Å². The summed E-state index contributed by atoms with van der Waals surface area (Å²) in [7, 11) is -2.32. The molecule has 0 bridgehead atoms. The van der Waals surface area contributed by atoms with Crippen LogP contribution in [0.15, 0.2) is 83.8 Å². The highest BCUT2D eigenvalue weighted by molar-refractivity contribution is 7.92. The van der Waals surface area contributed by atoms with Crippen molar-refractivity contribution in [3.63, 3.8) is 0 Å². The van der Waals surface area contributed by atoms with Crippen molar-refractivity contribution in [3.05, 3.63) is 78.9 Å². The van der Waals surface area contributed by atoms with Crippen LogP contribution in [0.5, 0.6) is 11.5 Å². The lowest BCUT2D eigenvalue weighted by molar-refractivity contribution is -0.129. The van der Waals surface area contributed by atoms with Gasteiger partial charge in [0.25, 0.3) is 10.0 Å². The maximum absolute atomic E-state index is 13.6. The first-order valence-corrected chi connectivity index (χ1v) is 13.3. The van der Waals surface area contributed by atoms with E-state index >= 15 is 0 Å². The Balaban J connectivity index is 1.52. The normalized spacial score (nSPS) is 13.8. The van der Waals surface area contributed by atoms with Crippen molar-refractivity contribution in [3.8, 4) is 11.5 Å². The SMILES string of the molecule is CCOc1ccc(N(CC(=O)N2CCN(c3ccccc3OC)CC2)S(=O)(=O)c2ccccc2)cc1. The van der Waals surface area contributed by atoms with Gasteiger partial charge in [0.15, 0.2) is 0 Å². The molecule has 0 aromatic heterocycles. The summed E-state index contributed by atoms with van der Waals surface area (Å²) in [5.41, 5.74) is 1.39. The summed E-state index contributed by atoms with van der Waals surface area (Å²) in [4.78, 5) is 17.4. The van der Waals surface area contributed by atoms with Gasteiger partial charge in [0, 0.05) is 26.2 Å². The van der Waals surface area contributed by atoms with E-state index in [0.717, 1.165) is 11.4 Å². The molecule has 1 aliphatic rings. The second kappa shape index (κ2) is 11.3. The molecular formula is C27H31N3O5S. The van der Waals surface area contributed by atoms with E-state index in [1.165, 1.54) is 16.4 Å². The number of para-hydroxylation sites is 2. The van der Waals surface area contributed by atoms with Gasteiger partial charge in [0.2, 0.25) is 5.91 Å². The zero-order valence-corrected chi connectivity index (χ0v) is 21.4. The first-order chi connectivity index (χ1) is 17.4. The van der Waals surface area contributed by atoms with Gasteiger partial charge in [-0.1, -0.05) is 30.3 Å². The summed E-state index contributed by atoms with van der Waals surface area (Å²) < 4.78 is 39.3. The third kappa shape index (κ3) is 5.57. The molecule has 0 aliphatic carbocycles. The topological polar surface area (TPSA) is 79.4 Å². The van der Waals surface area contributed by atoms with Crippen LogP contribution in [0.25, 0.3) is 0 Å². The minimum atomic E-state index is -3.96. The third-order valence-electron chi connectivity index (χ3n) is 6.10. The van der Waals surface area contributed by atoms with Crippen molar-refractivity contribution in [1.82, 2.24) is 4.90 Å². The molecular weight excluding hydrogens is 478 g/mol. The zero-order chi connectivity index (χ0) is 25.5. The van der Waals surface area contributed by atoms with Gasteiger partial charge in [-0.2, -0.15) is 0 Å². The molecule has 1 aliphatic heterocycles. The minimum absolute atomic E-state index is 0.132. The molecule has 1 amide bonds. The molecule has 190 valence electrons. The first-order valence-electron chi connectivity index (χ1n) is 11.9. The number of sulfonamides is 1. The molecule has 0 saturated carbocycles. The molecule has 0 N–H and O–H groups in total. The van der Waals surface area contributed by atoms with Gasteiger partial charge < -0.3 is 19.3 Å². The van der Waals surface area contributed by atoms with E-state index in [2.05, 4.69) is 4.90 Å². The molecule has 3 aromatic carbocycles. The van der Waals surface area contributed by atoms with Crippen molar-refractivity contribution in [1.29, 1.82) is 0 Å². The molecule has 1 saturated heterocycles. The van der Waals surface area contributed by atoms with E-state index in [-0.39, 0.29) is 17.3 Å². The fourth-order valence-corrected chi connectivity index (χ4v) is 5.66. The molecule has 4 rings (SSSR count). The van der Waals surface area contributed by atoms with Crippen LogP contribution in [0.4, 0.5) is 11.4 Å². The number of rotatable bonds is 9. The second-order valence-corrected chi connectivity index (χ2v) is 10.2. The molecule has 36 heavy (non-hydrogen) atoms. The van der Waals surface area contributed by atoms with E-state index in [0.29, 0.717) is 44.2 Å². The highest BCUT2D eigenvalue weighted by atomic mass is 32.2. The summed E-state index contributed by atoms with van der Waals surface area (Å²) in [5, 5.41) is 0. The number of amides is 1. The number of piperazine rings is 1. The number of hydrogen-bond acceptors (Lipinski definition) is 6. The lowest BCUT2D eigenvalue weighted by Gasteiger charge is -2.37. The fourth-order valence-electron chi connectivity index (χ4n) is 4.22. The lowest BCUT2D eigenvalue weighted by Crippen LogP contribution is -2.52. The summed E-state index contributed by atoms with van der Waals surface area (Å²) in [6.07, 6.45) is 0. The van der Waals surface area contributed by atoms with E-state index in [1.807, 2.05) is 31.2 Å². The van der Waals surface area contributed by atoms with Crippen LogP contribution in [0.1, 0.15) is 6.92 Å². The lowest BCUT2D eigenvalue weighted by atomic mass is 10.2. The van der Waals surface area contributed by atoms with Crippen LogP contribution < -0.4 is 18.7 Å². The monoisotopic (exact) mass is 509 g/mol. The van der Waals surface area contributed by atoms with Crippen molar-refractivity contribution < 1.29 is 22.7 Å². The minimum Gasteiger partial charge on any atom is -0.495 e. The Hall–Kier alpha value is -3.72. The molecule has 8 nitrogen and oxygen atoms in total. The zero-order valence-electron chi connectivity index (χ0n) is 20.5. The van der Waals surface area contributed by atoms with E-state index in [1.54, 1.807) is 54.5 Å². The van der Waals surface area contributed by atoms with Crippen LogP contribution in [-0.4, -0.2) is 65.7 Å². The van der Waals surface area contributed by atoms with Gasteiger partial charge in [0.05, 0.1) is 30.0 Å². The predicted molar refractivity (Wildman–Crippen MR) is 140 cm³/mol. The molecule has 1 heterocycles. The Morgan fingerprint density at radius 1 is 0.889 bits per heavy atom. The Kier molecular flexibility index (Phi) is 8.00. The number of anilines is 2. The second-order valence-electron chi connectivity index (χ2n) is 8.29. The summed E-state index contributed by atoms with van der Waals surface area (Å²) in [6, 6.07) is 22.7.